The number of amides is 1. The Morgan fingerprint density at radius 1 is 1.29 bits per heavy atom. The maximum atomic E-state index is 12.3. The van der Waals surface area contributed by atoms with Gasteiger partial charge in [0.1, 0.15) is 5.75 Å². The zero-order valence-corrected chi connectivity index (χ0v) is 14.0. The first-order chi connectivity index (χ1) is 11.5. The van der Waals surface area contributed by atoms with Gasteiger partial charge >= 0.3 is 0 Å². The van der Waals surface area contributed by atoms with Crippen molar-refractivity contribution in [2.75, 3.05) is 32.1 Å². The molecule has 0 spiro atoms. The molecule has 1 atom stereocenters. The van der Waals surface area contributed by atoms with Crippen LogP contribution in [0.1, 0.15) is 27.6 Å². The van der Waals surface area contributed by atoms with Crippen molar-refractivity contribution in [2.24, 2.45) is 0 Å². The van der Waals surface area contributed by atoms with Crippen molar-refractivity contribution < 1.29 is 14.6 Å². The molecule has 0 aromatic heterocycles. The number of aliphatic hydroxyl groups is 1. The molecule has 0 saturated heterocycles. The van der Waals surface area contributed by atoms with Crippen molar-refractivity contribution in [1.82, 2.24) is 5.32 Å². The first-order valence-electron chi connectivity index (χ1n) is 8.04. The van der Waals surface area contributed by atoms with Crippen LogP contribution in [0.25, 0.3) is 0 Å². The largest absolute Gasteiger partial charge is 0.493 e. The Labute approximate surface area is 141 Å². The molecule has 1 aliphatic heterocycles. The van der Waals surface area contributed by atoms with E-state index in [2.05, 4.69) is 5.32 Å². The van der Waals surface area contributed by atoms with Gasteiger partial charge in [-0.15, -0.1) is 0 Å². The van der Waals surface area contributed by atoms with Crippen molar-refractivity contribution in [2.45, 2.75) is 12.5 Å². The highest BCUT2D eigenvalue weighted by molar-refractivity contribution is 5.95. The normalized spacial score (nSPS) is 13.8. The third kappa shape index (κ3) is 3.51. The fraction of sp³-hybridized carbons (Fsp3) is 0.316. The Hall–Kier alpha value is -2.53. The monoisotopic (exact) mass is 326 g/mol. The van der Waals surface area contributed by atoms with E-state index in [1.165, 1.54) is 0 Å². The van der Waals surface area contributed by atoms with Gasteiger partial charge < -0.3 is 20.1 Å². The number of fused-ring (bicyclic) bond motifs is 1. The molecule has 3 rings (SSSR count). The summed E-state index contributed by atoms with van der Waals surface area (Å²) < 4.78 is 5.46. The molecule has 2 N–H and O–H groups in total. The number of rotatable bonds is 5. The summed E-state index contributed by atoms with van der Waals surface area (Å²) in [7, 11) is 3.86. The van der Waals surface area contributed by atoms with Crippen molar-refractivity contribution in [3.05, 3.63) is 59.2 Å². The Balaban J connectivity index is 1.62. The smallest absolute Gasteiger partial charge is 0.251 e. The standard InChI is InChI=1S/C19H22N2O3/c1-21(2)16-5-3-4-15(11-16)19(23)20-12-17(22)13-6-7-18-14(10-13)8-9-24-18/h3-7,10-11,17,22H,8-9,12H2,1-2H3,(H,20,23)/t17-/m1/s1. The second-order valence-electron chi connectivity index (χ2n) is 6.14. The highest BCUT2D eigenvalue weighted by Crippen LogP contribution is 2.28. The fourth-order valence-corrected chi connectivity index (χ4v) is 2.75. The number of benzene rings is 2. The lowest BCUT2D eigenvalue weighted by molar-refractivity contribution is 0.0916. The van der Waals surface area contributed by atoms with E-state index in [-0.39, 0.29) is 12.5 Å². The molecule has 0 aliphatic carbocycles. The summed E-state index contributed by atoms with van der Waals surface area (Å²) in [4.78, 5) is 14.2. The number of hydrogen-bond donors (Lipinski definition) is 2. The average Bonchev–Trinajstić information content (AvgIpc) is 3.07. The summed E-state index contributed by atoms with van der Waals surface area (Å²) in [5.41, 5.74) is 3.44. The summed E-state index contributed by atoms with van der Waals surface area (Å²) in [6, 6.07) is 13.1. The van der Waals surface area contributed by atoms with E-state index in [1.54, 1.807) is 6.07 Å². The molecule has 1 aliphatic rings. The minimum Gasteiger partial charge on any atom is -0.493 e. The minimum atomic E-state index is -0.739. The summed E-state index contributed by atoms with van der Waals surface area (Å²) in [5, 5.41) is 13.1. The predicted molar refractivity (Wildman–Crippen MR) is 93.7 cm³/mol. The Morgan fingerprint density at radius 2 is 2.12 bits per heavy atom. The second kappa shape index (κ2) is 6.93. The molecule has 2 aromatic carbocycles. The maximum absolute atomic E-state index is 12.3. The summed E-state index contributed by atoms with van der Waals surface area (Å²) >= 11 is 0. The summed E-state index contributed by atoms with van der Waals surface area (Å²) in [6.07, 6.45) is 0.122. The van der Waals surface area contributed by atoms with Gasteiger partial charge in [-0.2, -0.15) is 0 Å². The van der Waals surface area contributed by atoms with Crippen LogP contribution in [-0.4, -0.2) is 38.3 Å². The van der Waals surface area contributed by atoms with E-state index in [0.717, 1.165) is 29.0 Å². The van der Waals surface area contributed by atoms with E-state index < -0.39 is 6.10 Å². The SMILES string of the molecule is CN(C)c1cccc(C(=O)NC[C@@H](O)c2ccc3c(c2)CCO3)c1. The van der Waals surface area contributed by atoms with E-state index in [4.69, 9.17) is 4.74 Å². The van der Waals surface area contributed by atoms with Crippen molar-refractivity contribution >= 4 is 11.6 Å². The fourth-order valence-electron chi connectivity index (χ4n) is 2.75. The third-order valence-corrected chi connectivity index (χ3v) is 4.18. The van der Waals surface area contributed by atoms with E-state index in [0.29, 0.717) is 12.2 Å². The molecule has 1 heterocycles. The molecule has 1 amide bonds. The molecule has 126 valence electrons. The Bertz CT molecular complexity index is 743. The highest BCUT2D eigenvalue weighted by Gasteiger charge is 2.16. The van der Waals surface area contributed by atoms with E-state index in [1.807, 2.05) is 55.4 Å². The lowest BCUT2D eigenvalue weighted by Gasteiger charge is -2.15. The lowest BCUT2D eigenvalue weighted by atomic mass is 10.0. The Morgan fingerprint density at radius 3 is 2.92 bits per heavy atom. The van der Waals surface area contributed by atoms with Crippen LogP contribution in [0, 0.1) is 0 Å². The van der Waals surface area contributed by atoms with E-state index in [9.17, 15) is 9.90 Å². The quantitative estimate of drug-likeness (QED) is 0.884. The summed E-state index contributed by atoms with van der Waals surface area (Å²) in [5.74, 6) is 0.692. The topological polar surface area (TPSA) is 61.8 Å². The van der Waals surface area contributed by atoms with Crippen LogP contribution in [0.5, 0.6) is 5.75 Å². The van der Waals surface area contributed by atoms with Crippen LogP contribution in [-0.2, 0) is 6.42 Å². The molecule has 5 nitrogen and oxygen atoms in total. The number of anilines is 1. The van der Waals surface area contributed by atoms with Gasteiger partial charge in [0.15, 0.2) is 0 Å². The number of nitrogens with one attached hydrogen (secondary N) is 1. The van der Waals surface area contributed by atoms with Crippen LogP contribution >= 0.6 is 0 Å². The predicted octanol–water partition coefficient (Wildman–Crippen LogP) is 2.15. The highest BCUT2D eigenvalue weighted by atomic mass is 16.5. The number of nitrogens with zero attached hydrogens (tertiary/aromatic N) is 1. The lowest BCUT2D eigenvalue weighted by Crippen LogP contribution is -2.28. The molecular formula is C19H22N2O3. The van der Waals surface area contributed by atoms with Gasteiger partial charge in [-0.05, 0) is 41.5 Å². The molecule has 0 fully saturated rings. The Kier molecular flexibility index (Phi) is 4.71. The average molecular weight is 326 g/mol. The second-order valence-corrected chi connectivity index (χ2v) is 6.14. The first kappa shape index (κ1) is 16.3. The van der Waals surface area contributed by atoms with Crippen LogP contribution in [0.15, 0.2) is 42.5 Å². The van der Waals surface area contributed by atoms with Gasteiger partial charge in [0.2, 0.25) is 0 Å². The number of carbonyl (C=O) groups excluding carboxylic acids is 1. The molecule has 5 heteroatoms. The van der Waals surface area contributed by atoms with Gasteiger partial charge in [-0.1, -0.05) is 12.1 Å². The molecular weight excluding hydrogens is 304 g/mol. The number of carbonyl (C=O) groups is 1. The first-order valence-corrected chi connectivity index (χ1v) is 8.04. The van der Waals surface area contributed by atoms with Crippen LogP contribution in [0.3, 0.4) is 0 Å². The van der Waals surface area contributed by atoms with Gasteiger partial charge in [0, 0.05) is 38.3 Å². The van der Waals surface area contributed by atoms with Crippen LogP contribution in [0.2, 0.25) is 0 Å². The molecule has 24 heavy (non-hydrogen) atoms. The van der Waals surface area contributed by atoms with Crippen molar-refractivity contribution in [3.63, 3.8) is 0 Å². The van der Waals surface area contributed by atoms with Crippen LogP contribution in [0.4, 0.5) is 5.69 Å². The molecule has 0 saturated carbocycles. The van der Waals surface area contributed by atoms with Crippen LogP contribution < -0.4 is 15.0 Å². The van der Waals surface area contributed by atoms with Gasteiger partial charge in [0.25, 0.3) is 5.91 Å². The number of aliphatic hydroxyl groups excluding tert-OH is 1. The summed E-state index contributed by atoms with van der Waals surface area (Å²) in [6.45, 7) is 0.860. The third-order valence-electron chi connectivity index (χ3n) is 4.18. The number of hydrogen-bond acceptors (Lipinski definition) is 4. The van der Waals surface area contributed by atoms with E-state index >= 15 is 0 Å². The molecule has 0 radical (unpaired) electrons. The zero-order valence-electron chi connectivity index (χ0n) is 14.0. The molecule has 2 aromatic rings. The molecule has 0 bridgehead atoms. The molecule has 0 unspecified atom stereocenters. The minimum absolute atomic E-state index is 0.171. The number of ether oxygens (including phenoxy) is 1. The van der Waals surface area contributed by atoms with Gasteiger partial charge in [-0.25, -0.2) is 0 Å². The van der Waals surface area contributed by atoms with Crippen molar-refractivity contribution in [3.8, 4) is 5.75 Å². The van der Waals surface area contributed by atoms with Crippen molar-refractivity contribution in [1.29, 1.82) is 0 Å². The maximum Gasteiger partial charge on any atom is 0.251 e. The zero-order chi connectivity index (χ0) is 17.1. The van der Waals surface area contributed by atoms with Gasteiger partial charge in [-0.3, -0.25) is 4.79 Å². The van der Waals surface area contributed by atoms with Gasteiger partial charge in [0.05, 0.1) is 12.7 Å².